The maximum absolute atomic E-state index is 12.3. The minimum absolute atomic E-state index is 0.0813. The van der Waals surface area contributed by atoms with Gasteiger partial charge in [-0.3, -0.25) is 9.59 Å². The van der Waals surface area contributed by atoms with E-state index in [1.165, 1.54) is 13.2 Å². The number of nitrogens with one attached hydrogen (secondary N) is 1. The van der Waals surface area contributed by atoms with E-state index >= 15 is 0 Å². The summed E-state index contributed by atoms with van der Waals surface area (Å²) in [5.74, 6) is 1.80. The largest absolute Gasteiger partial charge is 0.479 e. The molecule has 2 rings (SSSR count). The zero-order valence-corrected chi connectivity index (χ0v) is 17.3. The van der Waals surface area contributed by atoms with Crippen molar-refractivity contribution in [1.29, 1.82) is 0 Å². The molecule has 7 nitrogen and oxygen atoms in total. The van der Waals surface area contributed by atoms with Gasteiger partial charge in [0.05, 0.1) is 14.3 Å². The summed E-state index contributed by atoms with van der Waals surface area (Å²) in [6, 6.07) is 2.92. The number of methoxy groups -OCH3 is 1. The number of ether oxygens (including phenoxy) is 2. The first kappa shape index (κ1) is 19.5. The maximum atomic E-state index is 12.3. The number of rotatable bonds is 5. The number of benzene rings is 1. The van der Waals surface area contributed by atoms with Crippen LogP contribution in [0.5, 0.6) is 5.75 Å². The summed E-state index contributed by atoms with van der Waals surface area (Å²) in [4.78, 5) is 36.2. The highest BCUT2D eigenvalue weighted by Crippen LogP contribution is 2.30. The van der Waals surface area contributed by atoms with Crippen molar-refractivity contribution in [3.05, 3.63) is 30.5 Å². The second kappa shape index (κ2) is 8.52. The quantitative estimate of drug-likeness (QED) is 0.194. The van der Waals surface area contributed by atoms with Crippen molar-refractivity contribution in [2.24, 2.45) is 0 Å². The summed E-state index contributed by atoms with van der Waals surface area (Å²) in [6.45, 7) is -0.282. The second-order valence-corrected chi connectivity index (χ2v) is 7.09. The summed E-state index contributed by atoms with van der Waals surface area (Å²) in [5, 5.41) is 2.45. The highest BCUT2D eigenvalue weighted by atomic mass is 127. The number of hydrogen-bond acceptors (Lipinski definition) is 5. The molecule has 0 bridgehead atoms. The molecule has 9 heteroatoms. The number of terminal acetylenes is 1. The molecule has 130 valence electrons. The third kappa shape index (κ3) is 4.63. The maximum Gasteiger partial charge on any atom is 0.329 e. The lowest BCUT2D eigenvalue weighted by molar-refractivity contribution is -0.143. The molecule has 3 amide bonds. The van der Waals surface area contributed by atoms with E-state index in [0.29, 0.717) is 11.3 Å². The number of esters is 1. The topological polar surface area (TPSA) is 84.9 Å². The van der Waals surface area contributed by atoms with Gasteiger partial charge in [0.15, 0.2) is 0 Å². The van der Waals surface area contributed by atoms with Gasteiger partial charge in [-0.1, -0.05) is 5.92 Å². The number of halogens is 2. The molecule has 1 heterocycles. The average Bonchev–Trinajstić information content (AvgIpc) is 2.81. The minimum Gasteiger partial charge on any atom is -0.479 e. The molecular formula is C16H12I2N2O5. The van der Waals surface area contributed by atoms with E-state index in [2.05, 4.69) is 61.2 Å². The predicted octanol–water partition coefficient (Wildman–Crippen LogP) is 1.97. The highest BCUT2D eigenvalue weighted by molar-refractivity contribution is 14.1. The van der Waals surface area contributed by atoms with E-state index in [9.17, 15) is 14.4 Å². The van der Waals surface area contributed by atoms with Gasteiger partial charge in [-0.2, -0.15) is 0 Å². The summed E-state index contributed by atoms with van der Waals surface area (Å²) in [5.41, 5.74) is 0.781. The molecule has 0 aliphatic carbocycles. The van der Waals surface area contributed by atoms with Gasteiger partial charge in [-0.15, -0.1) is 6.42 Å². The summed E-state index contributed by atoms with van der Waals surface area (Å²) >= 11 is 4.20. The Bertz CT molecular complexity index is 790. The number of amides is 3. The first-order valence-corrected chi connectivity index (χ1v) is 8.99. The molecule has 0 radical (unpaired) electrons. The zero-order valence-electron chi connectivity index (χ0n) is 13.0. The van der Waals surface area contributed by atoms with E-state index in [1.807, 2.05) is 0 Å². The van der Waals surface area contributed by atoms with Crippen LogP contribution in [0, 0.1) is 19.5 Å². The van der Waals surface area contributed by atoms with Gasteiger partial charge in [0.1, 0.15) is 24.6 Å². The van der Waals surface area contributed by atoms with E-state index in [4.69, 9.17) is 11.2 Å². The number of hydrogen-bond donors (Lipinski definition) is 1. The van der Waals surface area contributed by atoms with Crippen LogP contribution >= 0.6 is 45.2 Å². The zero-order chi connectivity index (χ0) is 18.6. The van der Waals surface area contributed by atoms with Crippen LogP contribution in [0.25, 0.3) is 6.08 Å². The van der Waals surface area contributed by atoms with Crippen LogP contribution in [0.3, 0.4) is 0 Å². The van der Waals surface area contributed by atoms with Crippen molar-refractivity contribution in [1.82, 2.24) is 10.2 Å². The second-order valence-electron chi connectivity index (χ2n) is 4.76. The van der Waals surface area contributed by atoms with Crippen LogP contribution in [0.4, 0.5) is 4.79 Å². The number of urea groups is 1. The third-order valence-electron chi connectivity index (χ3n) is 3.11. The first-order chi connectivity index (χ1) is 11.9. The molecule has 25 heavy (non-hydrogen) atoms. The van der Waals surface area contributed by atoms with Crippen molar-refractivity contribution in [2.75, 3.05) is 20.3 Å². The van der Waals surface area contributed by atoms with Gasteiger partial charge in [0.2, 0.25) is 0 Å². The molecule has 1 aromatic carbocycles. The Morgan fingerprint density at radius 1 is 1.36 bits per heavy atom. The number of carbonyl (C=O) groups excluding carboxylic acids is 3. The fourth-order valence-electron chi connectivity index (χ4n) is 1.99. The molecule has 0 saturated carbocycles. The summed E-state index contributed by atoms with van der Waals surface area (Å²) in [7, 11) is 1.19. The predicted molar refractivity (Wildman–Crippen MR) is 106 cm³/mol. The molecular weight excluding hydrogens is 554 g/mol. The van der Waals surface area contributed by atoms with Crippen molar-refractivity contribution in [3.63, 3.8) is 0 Å². The normalized spacial score (nSPS) is 15.1. The summed E-state index contributed by atoms with van der Waals surface area (Å²) in [6.07, 6.45) is 6.73. The fraction of sp³-hybridized carbons (Fsp3) is 0.188. The SMILES string of the molecule is C#CCOc1c(I)cc(/C=C2/NC(=O)N(CC(=O)OC)C2=O)cc1I. The van der Waals surface area contributed by atoms with Crippen molar-refractivity contribution >= 4 is 69.2 Å². The Morgan fingerprint density at radius 3 is 2.56 bits per heavy atom. The third-order valence-corrected chi connectivity index (χ3v) is 4.71. The van der Waals surface area contributed by atoms with E-state index in [-0.39, 0.29) is 12.3 Å². The number of carbonyl (C=O) groups is 3. The van der Waals surface area contributed by atoms with Crippen LogP contribution in [-0.2, 0) is 14.3 Å². The van der Waals surface area contributed by atoms with E-state index in [1.54, 1.807) is 12.1 Å². The highest BCUT2D eigenvalue weighted by Gasteiger charge is 2.35. The smallest absolute Gasteiger partial charge is 0.329 e. The minimum atomic E-state index is -0.677. The van der Waals surface area contributed by atoms with Gasteiger partial charge in [-0.05, 0) is 69.0 Å². The van der Waals surface area contributed by atoms with E-state index < -0.39 is 24.5 Å². The monoisotopic (exact) mass is 566 g/mol. The Balaban J connectivity index is 2.26. The van der Waals surface area contributed by atoms with Gasteiger partial charge in [0, 0.05) is 0 Å². The van der Waals surface area contributed by atoms with Crippen LogP contribution in [0.1, 0.15) is 5.56 Å². The van der Waals surface area contributed by atoms with Crippen LogP contribution in [0.15, 0.2) is 17.8 Å². The molecule has 0 aromatic heterocycles. The molecule has 0 atom stereocenters. The lowest BCUT2D eigenvalue weighted by Crippen LogP contribution is -2.36. The Kier molecular flexibility index (Phi) is 6.65. The Labute approximate surface area is 171 Å². The molecule has 1 aromatic rings. The summed E-state index contributed by atoms with van der Waals surface area (Å²) < 4.78 is 11.6. The van der Waals surface area contributed by atoms with Gasteiger partial charge in [0.25, 0.3) is 5.91 Å². The van der Waals surface area contributed by atoms with Crippen LogP contribution in [-0.4, -0.2) is 43.1 Å². The van der Waals surface area contributed by atoms with Crippen molar-refractivity contribution in [2.45, 2.75) is 0 Å². The number of nitrogens with zero attached hydrogens (tertiary/aromatic N) is 1. The lowest BCUT2D eigenvalue weighted by Gasteiger charge is -2.10. The number of imide groups is 1. The van der Waals surface area contributed by atoms with E-state index in [0.717, 1.165) is 12.0 Å². The molecule has 1 fully saturated rings. The first-order valence-electron chi connectivity index (χ1n) is 6.84. The molecule has 0 spiro atoms. The molecule has 1 aliphatic rings. The van der Waals surface area contributed by atoms with Gasteiger partial charge in [-0.25, -0.2) is 9.69 Å². The molecule has 1 N–H and O–H groups in total. The molecule has 0 unspecified atom stereocenters. The Hall–Kier alpha value is -1.81. The average molecular weight is 566 g/mol. The van der Waals surface area contributed by atoms with Crippen molar-refractivity contribution in [3.8, 4) is 18.1 Å². The standard InChI is InChI=1S/C16H12I2N2O5/c1-3-4-25-14-10(17)5-9(6-11(14)18)7-12-15(22)20(16(23)19-12)8-13(21)24-2/h1,5-7H,4,8H2,2H3,(H,19,23)/b12-7+. The lowest BCUT2D eigenvalue weighted by atomic mass is 10.2. The molecule has 1 saturated heterocycles. The van der Waals surface area contributed by atoms with Gasteiger partial charge >= 0.3 is 12.0 Å². The van der Waals surface area contributed by atoms with Crippen LogP contribution < -0.4 is 10.1 Å². The molecule has 1 aliphatic heterocycles. The Morgan fingerprint density at radius 2 is 2.00 bits per heavy atom. The van der Waals surface area contributed by atoms with Gasteiger partial charge < -0.3 is 14.8 Å². The van der Waals surface area contributed by atoms with Crippen molar-refractivity contribution < 1.29 is 23.9 Å². The fourth-order valence-corrected chi connectivity index (χ4v) is 4.12. The van der Waals surface area contributed by atoms with Crippen LogP contribution in [0.2, 0.25) is 0 Å².